The fraction of sp³-hybridized carbons (Fsp3) is 0.474. The molecule has 0 amide bonds. The molecule has 1 aromatic heterocycles. The van der Waals surface area contributed by atoms with Crippen LogP contribution in [0.5, 0.6) is 0 Å². The minimum Gasteiger partial charge on any atom is -0.376 e. The predicted octanol–water partition coefficient (Wildman–Crippen LogP) is 3.80. The summed E-state index contributed by atoms with van der Waals surface area (Å²) in [6.07, 6.45) is 2.54. The van der Waals surface area contributed by atoms with Gasteiger partial charge in [-0.05, 0) is 18.8 Å². The van der Waals surface area contributed by atoms with Crippen molar-refractivity contribution in [3.05, 3.63) is 36.4 Å². The zero-order valence-corrected chi connectivity index (χ0v) is 14.5. The van der Waals surface area contributed by atoms with Gasteiger partial charge in [-0.25, -0.2) is 4.98 Å². The lowest BCUT2D eigenvalue weighted by Gasteiger charge is -2.14. The van der Waals surface area contributed by atoms with Gasteiger partial charge in [0, 0.05) is 31.3 Å². The first kappa shape index (κ1) is 16.7. The molecule has 1 aliphatic heterocycles. The van der Waals surface area contributed by atoms with Gasteiger partial charge in [-0.1, -0.05) is 44.2 Å². The average Bonchev–Trinajstić information content (AvgIpc) is 3.12. The highest BCUT2D eigenvalue weighted by molar-refractivity contribution is 5.64. The Labute approximate surface area is 143 Å². The third kappa shape index (κ3) is 4.68. The van der Waals surface area contributed by atoms with Crippen molar-refractivity contribution >= 4 is 11.8 Å². The van der Waals surface area contributed by atoms with E-state index in [9.17, 15) is 0 Å². The van der Waals surface area contributed by atoms with E-state index in [2.05, 4.69) is 46.6 Å². The number of hydrogen-bond acceptors (Lipinski definition) is 5. The molecule has 1 aliphatic rings. The molecule has 0 aliphatic carbocycles. The monoisotopic (exact) mass is 326 g/mol. The molecule has 1 atom stereocenters. The van der Waals surface area contributed by atoms with E-state index in [1.54, 1.807) is 0 Å². The summed E-state index contributed by atoms with van der Waals surface area (Å²) in [5.74, 6) is 2.04. The Kier molecular flexibility index (Phi) is 5.64. The van der Waals surface area contributed by atoms with Gasteiger partial charge in [-0.3, -0.25) is 0 Å². The first-order chi connectivity index (χ1) is 11.7. The molecule has 128 valence electrons. The van der Waals surface area contributed by atoms with Crippen molar-refractivity contribution in [2.24, 2.45) is 5.92 Å². The first-order valence-electron chi connectivity index (χ1n) is 8.74. The zero-order chi connectivity index (χ0) is 16.8. The topological polar surface area (TPSA) is 59.1 Å². The van der Waals surface area contributed by atoms with Gasteiger partial charge in [0.25, 0.3) is 0 Å². The Morgan fingerprint density at radius 1 is 1.17 bits per heavy atom. The largest absolute Gasteiger partial charge is 0.376 e. The third-order valence-corrected chi connectivity index (χ3v) is 4.00. The van der Waals surface area contributed by atoms with Crippen molar-refractivity contribution in [1.82, 2.24) is 9.97 Å². The summed E-state index contributed by atoms with van der Waals surface area (Å²) < 4.78 is 5.68. The van der Waals surface area contributed by atoms with Crippen LogP contribution in [0.4, 0.5) is 11.8 Å². The number of hydrogen-bond donors (Lipinski definition) is 2. The highest BCUT2D eigenvalue weighted by Crippen LogP contribution is 2.22. The second-order valence-electron chi connectivity index (χ2n) is 6.62. The fourth-order valence-corrected chi connectivity index (χ4v) is 2.69. The first-order valence-corrected chi connectivity index (χ1v) is 8.74. The van der Waals surface area contributed by atoms with E-state index >= 15 is 0 Å². The quantitative estimate of drug-likeness (QED) is 0.810. The minimum atomic E-state index is 0.284. The molecule has 2 N–H and O–H groups in total. The Balaban J connectivity index is 1.78. The molecular weight excluding hydrogens is 300 g/mol. The Bertz CT molecular complexity index is 639. The number of nitrogens with one attached hydrogen (secondary N) is 2. The molecule has 0 radical (unpaired) electrons. The van der Waals surface area contributed by atoms with Crippen molar-refractivity contribution in [2.75, 3.05) is 30.3 Å². The second kappa shape index (κ2) is 8.11. The van der Waals surface area contributed by atoms with Crippen LogP contribution >= 0.6 is 0 Å². The van der Waals surface area contributed by atoms with Crippen molar-refractivity contribution in [2.45, 2.75) is 32.8 Å². The lowest BCUT2D eigenvalue weighted by molar-refractivity contribution is 0.120. The van der Waals surface area contributed by atoms with Crippen molar-refractivity contribution in [3.63, 3.8) is 0 Å². The van der Waals surface area contributed by atoms with Crippen molar-refractivity contribution in [1.29, 1.82) is 0 Å². The van der Waals surface area contributed by atoms with E-state index in [0.29, 0.717) is 11.9 Å². The summed E-state index contributed by atoms with van der Waals surface area (Å²) in [4.78, 5) is 9.26. The van der Waals surface area contributed by atoms with Crippen molar-refractivity contribution < 1.29 is 4.74 Å². The Hall–Kier alpha value is -2.14. The smallest absolute Gasteiger partial charge is 0.225 e. The maximum Gasteiger partial charge on any atom is 0.225 e. The van der Waals surface area contributed by atoms with E-state index in [1.165, 1.54) is 0 Å². The van der Waals surface area contributed by atoms with Gasteiger partial charge < -0.3 is 15.4 Å². The number of ether oxygens (including phenoxy) is 1. The molecule has 1 aromatic carbocycles. The van der Waals surface area contributed by atoms with E-state index in [-0.39, 0.29) is 6.10 Å². The summed E-state index contributed by atoms with van der Waals surface area (Å²) >= 11 is 0. The molecule has 0 saturated carbocycles. The van der Waals surface area contributed by atoms with Crippen LogP contribution in [0.25, 0.3) is 11.3 Å². The molecule has 5 heteroatoms. The van der Waals surface area contributed by atoms with Crippen LogP contribution < -0.4 is 10.6 Å². The van der Waals surface area contributed by atoms with Crippen molar-refractivity contribution in [3.8, 4) is 11.3 Å². The van der Waals surface area contributed by atoms with Crippen LogP contribution in [-0.4, -0.2) is 35.8 Å². The van der Waals surface area contributed by atoms with Crippen LogP contribution in [0.1, 0.15) is 26.7 Å². The molecule has 5 nitrogen and oxygen atoms in total. The standard InChI is InChI=1S/C19H26N4O/c1-14(2)12-21-19-22-17(15-7-4-3-5-8-15)11-18(23-19)20-13-16-9-6-10-24-16/h3-5,7-8,11,14,16H,6,9-10,12-13H2,1-2H3,(H2,20,21,22,23). The molecule has 0 bridgehead atoms. The molecule has 24 heavy (non-hydrogen) atoms. The molecule has 1 fully saturated rings. The Morgan fingerprint density at radius 2 is 2.00 bits per heavy atom. The number of nitrogens with zero attached hydrogens (tertiary/aromatic N) is 2. The average molecular weight is 326 g/mol. The molecular formula is C19H26N4O. The van der Waals surface area contributed by atoms with Gasteiger partial charge >= 0.3 is 0 Å². The number of anilines is 2. The van der Waals surface area contributed by atoms with E-state index in [4.69, 9.17) is 4.74 Å². The van der Waals surface area contributed by atoms with Crippen LogP contribution in [0.2, 0.25) is 0 Å². The lowest BCUT2D eigenvalue weighted by Crippen LogP contribution is -2.19. The fourth-order valence-electron chi connectivity index (χ4n) is 2.69. The van der Waals surface area contributed by atoms with Gasteiger partial charge in [0.1, 0.15) is 5.82 Å². The highest BCUT2D eigenvalue weighted by atomic mass is 16.5. The molecule has 2 heterocycles. The molecule has 1 saturated heterocycles. The van der Waals surface area contributed by atoms with Crippen LogP contribution in [-0.2, 0) is 4.74 Å². The Morgan fingerprint density at radius 3 is 2.71 bits per heavy atom. The van der Waals surface area contributed by atoms with Gasteiger partial charge in [0.2, 0.25) is 5.95 Å². The summed E-state index contributed by atoms with van der Waals surface area (Å²) in [5, 5.41) is 6.74. The second-order valence-corrected chi connectivity index (χ2v) is 6.62. The molecule has 1 unspecified atom stereocenters. The maximum atomic E-state index is 5.68. The third-order valence-electron chi connectivity index (χ3n) is 4.00. The SMILES string of the molecule is CC(C)CNc1nc(NCC2CCCO2)cc(-c2ccccc2)n1. The van der Waals surface area contributed by atoms with Gasteiger partial charge in [0.05, 0.1) is 11.8 Å². The summed E-state index contributed by atoms with van der Waals surface area (Å²) in [6.45, 7) is 6.85. The summed E-state index contributed by atoms with van der Waals surface area (Å²) in [6, 6.07) is 12.2. The van der Waals surface area contributed by atoms with E-state index in [0.717, 1.165) is 49.6 Å². The van der Waals surface area contributed by atoms with E-state index in [1.807, 2.05) is 24.3 Å². The molecule has 3 rings (SSSR count). The van der Waals surface area contributed by atoms with Gasteiger partial charge in [-0.15, -0.1) is 0 Å². The van der Waals surface area contributed by atoms with Crippen LogP contribution in [0.15, 0.2) is 36.4 Å². The lowest BCUT2D eigenvalue weighted by atomic mass is 10.1. The number of aromatic nitrogens is 2. The minimum absolute atomic E-state index is 0.284. The number of rotatable bonds is 7. The van der Waals surface area contributed by atoms with Crippen LogP contribution in [0, 0.1) is 5.92 Å². The predicted molar refractivity (Wildman–Crippen MR) is 98.3 cm³/mol. The zero-order valence-electron chi connectivity index (χ0n) is 14.5. The van der Waals surface area contributed by atoms with Gasteiger partial charge in [-0.2, -0.15) is 4.98 Å². The maximum absolute atomic E-state index is 5.68. The van der Waals surface area contributed by atoms with Crippen LogP contribution in [0.3, 0.4) is 0 Å². The highest BCUT2D eigenvalue weighted by Gasteiger charge is 2.15. The molecule has 0 spiro atoms. The number of benzene rings is 1. The summed E-state index contributed by atoms with van der Waals surface area (Å²) in [5.41, 5.74) is 2.01. The molecule has 2 aromatic rings. The van der Waals surface area contributed by atoms with E-state index < -0.39 is 0 Å². The normalized spacial score (nSPS) is 17.2. The van der Waals surface area contributed by atoms with Gasteiger partial charge in [0.15, 0.2) is 0 Å². The summed E-state index contributed by atoms with van der Waals surface area (Å²) in [7, 11) is 0.